The van der Waals surface area contributed by atoms with Crippen LogP contribution in [0.2, 0.25) is 0 Å². The predicted molar refractivity (Wildman–Crippen MR) is 150 cm³/mol. The monoisotopic (exact) mass is 544 g/mol. The van der Waals surface area contributed by atoms with Gasteiger partial charge in [-0.3, -0.25) is 14.5 Å². The number of amides is 1. The van der Waals surface area contributed by atoms with Crippen LogP contribution in [0.3, 0.4) is 0 Å². The average molecular weight is 545 g/mol. The molecule has 1 aliphatic heterocycles. The molecule has 1 amide bonds. The lowest BCUT2D eigenvalue weighted by Crippen LogP contribution is -2.37. The highest BCUT2D eigenvalue weighted by Crippen LogP contribution is 2.41. The van der Waals surface area contributed by atoms with E-state index in [9.17, 15) is 19.5 Å². The van der Waals surface area contributed by atoms with Crippen LogP contribution in [0.4, 0.5) is 5.13 Å². The predicted octanol–water partition coefficient (Wildman–Crippen LogP) is 5.42. The van der Waals surface area contributed by atoms with Crippen LogP contribution >= 0.6 is 11.3 Å². The highest BCUT2D eigenvalue weighted by molar-refractivity contribution is 7.17. The lowest BCUT2D eigenvalue weighted by molar-refractivity contribution is -0.132. The number of esters is 1. The molecule has 3 aromatic rings. The Kier molecular flexibility index (Phi) is 8.41. The molecule has 2 atom stereocenters. The fourth-order valence-electron chi connectivity index (χ4n) is 4.37. The third-order valence-corrected chi connectivity index (χ3v) is 7.43. The van der Waals surface area contributed by atoms with Crippen LogP contribution in [-0.2, 0) is 14.3 Å². The third-order valence-electron chi connectivity index (χ3n) is 6.29. The zero-order chi connectivity index (χ0) is 28.1. The van der Waals surface area contributed by atoms with E-state index in [2.05, 4.69) is 18.1 Å². The van der Waals surface area contributed by atoms with Crippen molar-refractivity contribution in [3.05, 3.63) is 107 Å². The topological polar surface area (TPSA) is 106 Å². The average Bonchev–Trinajstić information content (AvgIpc) is 3.46. The molecule has 1 aliphatic rings. The van der Waals surface area contributed by atoms with Gasteiger partial charge in [0.05, 0.1) is 17.3 Å². The number of carbonyl (C=O) groups excluding carboxylic acids is 3. The van der Waals surface area contributed by atoms with Crippen molar-refractivity contribution in [2.24, 2.45) is 0 Å². The number of aliphatic hydroxyl groups is 1. The molecule has 0 bridgehead atoms. The molecule has 2 aromatic carbocycles. The van der Waals surface area contributed by atoms with E-state index in [1.54, 1.807) is 37.3 Å². The van der Waals surface area contributed by atoms with Crippen LogP contribution < -0.4 is 9.64 Å². The van der Waals surface area contributed by atoms with Gasteiger partial charge in [-0.2, -0.15) is 0 Å². The quantitative estimate of drug-likeness (QED) is 0.119. The Labute approximate surface area is 230 Å². The van der Waals surface area contributed by atoms with Crippen LogP contribution in [0.5, 0.6) is 5.75 Å². The summed E-state index contributed by atoms with van der Waals surface area (Å²) < 4.78 is 10.7. The smallest absolute Gasteiger partial charge is 0.350 e. The van der Waals surface area contributed by atoms with Crippen LogP contribution in [0, 0.1) is 6.92 Å². The fraction of sp³-hybridized carbons (Fsp3) is 0.200. The molecule has 0 radical (unpaired) electrons. The lowest BCUT2D eigenvalue weighted by Gasteiger charge is -2.28. The number of ketones is 1. The zero-order valence-corrected chi connectivity index (χ0v) is 22.4. The number of ether oxygens (including phenoxy) is 2. The Morgan fingerprint density at radius 1 is 1.10 bits per heavy atom. The van der Waals surface area contributed by atoms with E-state index in [0.717, 1.165) is 16.9 Å². The normalized spacial score (nSPS) is 17.1. The second-order valence-electron chi connectivity index (χ2n) is 8.83. The molecule has 39 heavy (non-hydrogen) atoms. The number of carbonyl (C=O) groups is 3. The van der Waals surface area contributed by atoms with E-state index in [0.29, 0.717) is 23.6 Å². The van der Waals surface area contributed by atoms with Gasteiger partial charge in [-0.1, -0.05) is 73.9 Å². The molecule has 200 valence electrons. The summed E-state index contributed by atoms with van der Waals surface area (Å²) in [5, 5.41) is 11.5. The lowest BCUT2D eigenvalue weighted by atomic mass is 9.87. The maximum absolute atomic E-state index is 13.5. The fourth-order valence-corrected chi connectivity index (χ4v) is 5.37. The highest BCUT2D eigenvalue weighted by Gasteiger charge is 2.50. The largest absolute Gasteiger partial charge is 0.507 e. The summed E-state index contributed by atoms with van der Waals surface area (Å²) in [6.45, 7) is 11.0. The molecule has 0 aliphatic carbocycles. The Bertz CT molecular complexity index is 1440. The van der Waals surface area contributed by atoms with Crippen molar-refractivity contribution in [2.45, 2.75) is 25.8 Å². The molecule has 2 heterocycles. The van der Waals surface area contributed by atoms with Crippen molar-refractivity contribution in [2.75, 3.05) is 18.1 Å². The van der Waals surface area contributed by atoms with Gasteiger partial charge < -0.3 is 14.6 Å². The summed E-state index contributed by atoms with van der Waals surface area (Å²) in [5.41, 5.74) is 1.53. The summed E-state index contributed by atoms with van der Waals surface area (Å²) in [4.78, 5) is 45.4. The molecular formula is C30H28N2O6S. The molecule has 1 N–H and O–H groups in total. The summed E-state index contributed by atoms with van der Waals surface area (Å²) in [7, 11) is 0. The molecular weight excluding hydrogens is 516 g/mol. The van der Waals surface area contributed by atoms with Crippen molar-refractivity contribution < 1.29 is 29.0 Å². The zero-order valence-electron chi connectivity index (χ0n) is 21.6. The van der Waals surface area contributed by atoms with Gasteiger partial charge in [0, 0.05) is 11.5 Å². The van der Waals surface area contributed by atoms with Crippen molar-refractivity contribution in [3.8, 4) is 5.75 Å². The second-order valence-corrected chi connectivity index (χ2v) is 9.81. The number of nitrogens with zero attached hydrogens (tertiary/aromatic N) is 2. The minimum Gasteiger partial charge on any atom is -0.507 e. The van der Waals surface area contributed by atoms with Crippen molar-refractivity contribution in [3.63, 3.8) is 0 Å². The first kappa shape index (κ1) is 27.5. The summed E-state index contributed by atoms with van der Waals surface area (Å²) >= 11 is 0.961. The third kappa shape index (κ3) is 5.53. The number of rotatable bonds is 10. The number of Topliss-reactive ketones (excluding diaryl/α,β-unsaturated/α-hetero) is 1. The van der Waals surface area contributed by atoms with Gasteiger partial charge in [0.25, 0.3) is 5.78 Å². The number of thiazole rings is 1. The molecule has 8 nitrogen and oxygen atoms in total. The number of benzene rings is 2. The molecule has 4 rings (SSSR count). The van der Waals surface area contributed by atoms with Gasteiger partial charge in [0.2, 0.25) is 0 Å². The van der Waals surface area contributed by atoms with Gasteiger partial charge in [-0.05, 0) is 36.8 Å². The maximum atomic E-state index is 13.5. The SMILES string of the molecule is C=CCOC(=O)c1sc(N2C(=O)C(=O)/C(=C(/O)c3ccc(OCC=C)cc3)C2C(C)c2ccccc2)nc1C. The van der Waals surface area contributed by atoms with Crippen LogP contribution in [0.15, 0.2) is 85.5 Å². The minimum absolute atomic E-state index is 0.0263. The number of aryl methyl sites for hydroxylation is 1. The van der Waals surface area contributed by atoms with Gasteiger partial charge in [0.1, 0.15) is 29.6 Å². The van der Waals surface area contributed by atoms with Gasteiger partial charge in [-0.15, -0.1) is 0 Å². The Morgan fingerprint density at radius 3 is 2.41 bits per heavy atom. The first-order valence-corrected chi connectivity index (χ1v) is 13.1. The number of aliphatic hydroxyl groups excluding tert-OH is 1. The van der Waals surface area contributed by atoms with Crippen LogP contribution in [-0.4, -0.2) is 47.0 Å². The van der Waals surface area contributed by atoms with Gasteiger partial charge >= 0.3 is 11.9 Å². The molecule has 1 fully saturated rings. The van der Waals surface area contributed by atoms with Gasteiger partial charge in [0.15, 0.2) is 5.13 Å². The number of aromatic nitrogens is 1. The van der Waals surface area contributed by atoms with E-state index >= 15 is 0 Å². The first-order valence-electron chi connectivity index (χ1n) is 12.2. The summed E-state index contributed by atoms with van der Waals surface area (Å²) in [6.07, 6.45) is 3.07. The molecule has 1 saturated heterocycles. The molecule has 0 spiro atoms. The van der Waals surface area contributed by atoms with E-state index in [-0.39, 0.29) is 27.9 Å². The molecule has 1 aromatic heterocycles. The van der Waals surface area contributed by atoms with Crippen molar-refractivity contribution >= 4 is 39.9 Å². The standard InChI is InChI=1S/C30H28N2O6S/c1-5-16-37-22-14-12-21(13-15-22)25(33)23-24(18(3)20-10-8-7-9-11-20)32(28(35)26(23)34)30-31-19(4)27(39-30)29(36)38-17-6-2/h5-15,18,24,33H,1-2,16-17H2,3-4H3/b25-23+. The van der Waals surface area contributed by atoms with Gasteiger partial charge in [-0.25, -0.2) is 9.78 Å². The number of anilines is 1. The molecule has 2 unspecified atom stereocenters. The van der Waals surface area contributed by atoms with Crippen LogP contribution in [0.1, 0.15) is 39.3 Å². The maximum Gasteiger partial charge on any atom is 0.350 e. The Morgan fingerprint density at radius 2 is 1.77 bits per heavy atom. The van der Waals surface area contributed by atoms with E-state index in [1.165, 1.54) is 11.0 Å². The summed E-state index contributed by atoms with van der Waals surface area (Å²) in [6, 6.07) is 15.1. The van der Waals surface area contributed by atoms with E-state index in [4.69, 9.17) is 9.47 Å². The number of hydrogen-bond acceptors (Lipinski definition) is 8. The minimum atomic E-state index is -0.883. The second kappa shape index (κ2) is 11.9. The first-order chi connectivity index (χ1) is 18.8. The molecule has 0 saturated carbocycles. The van der Waals surface area contributed by atoms with E-state index in [1.807, 2.05) is 37.3 Å². The van der Waals surface area contributed by atoms with Crippen molar-refractivity contribution in [1.29, 1.82) is 0 Å². The number of hydrogen-bond donors (Lipinski definition) is 1. The Hall–Kier alpha value is -4.50. The summed E-state index contributed by atoms with van der Waals surface area (Å²) in [5.74, 6) is -2.42. The Balaban J connectivity index is 1.82. The van der Waals surface area contributed by atoms with Crippen molar-refractivity contribution in [1.82, 2.24) is 4.98 Å². The highest BCUT2D eigenvalue weighted by atomic mass is 32.1. The van der Waals surface area contributed by atoms with Crippen LogP contribution in [0.25, 0.3) is 5.76 Å². The molecule has 9 heteroatoms. The van der Waals surface area contributed by atoms with E-state index < -0.39 is 29.6 Å².